The number of carbonyl (C=O) groups is 1. The summed E-state index contributed by atoms with van der Waals surface area (Å²) in [6, 6.07) is 11.4. The van der Waals surface area contributed by atoms with Crippen LogP contribution in [0.2, 0.25) is 0 Å². The van der Waals surface area contributed by atoms with Gasteiger partial charge in [0, 0.05) is 19.3 Å². The zero-order valence-electron chi connectivity index (χ0n) is 15.0. The first-order valence-corrected chi connectivity index (χ1v) is 8.80. The first kappa shape index (κ1) is 16.3. The molecule has 0 saturated carbocycles. The van der Waals surface area contributed by atoms with E-state index in [-0.39, 0.29) is 11.7 Å². The summed E-state index contributed by atoms with van der Waals surface area (Å²) >= 11 is 0. The van der Waals surface area contributed by atoms with E-state index in [1.54, 1.807) is 24.0 Å². The van der Waals surface area contributed by atoms with Crippen molar-refractivity contribution < 1.29 is 9.18 Å². The molecule has 1 atom stereocenters. The highest BCUT2D eigenvalue weighted by atomic mass is 19.1. The number of aryl methyl sites for hydroxylation is 1. The summed E-state index contributed by atoms with van der Waals surface area (Å²) in [5, 5.41) is 0. The molecule has 4 heteroatoms. The van der Waals surface area contributed by atoms with Crippen LogP contribution >= 0.6 is 0 Å². The maximum atomic E-state index is 14.0. The number of halogens is 1. The molecule has 0 aromatic heterocycles. The number of hydrogen-bond acceptors (Lipinski definition) is 2. The van der Waals surface area contributed by atoms with Gasteiger partial charge in [0.05, 0.1) is 5.41 Å². The van der Waals surface area contributed by atoms with Crippen LogP contribution in [0.25, 0.3) is 11.1 Å². The van der Waals surface area contributed by atoms with Crippen LogP contribution < -0.4 is 4.90 Å². The van der Waals surface area contributed by atoms with Crippen LogP contribution in [-0.4, -0.2) is 38.0 Å². The zero-order valence-corrected chi connectivity index (χ0v) is 15.0. The summed E-state index contributed by atoms with van der Waals surface area (Å²) in [4.78, 5) is 17.1. The van der Waals surface area contributed by atoms with Crippen LogP contribution in [0.3, 0.4) is 0 Å². The Hall–Kier alpha value is -2.20. The van der Waals surface area contributed by atoms with Gasteiger partial charge >= 0.3 is 0 Å². The number of likely N-dealkylation sites (tertiary alicyclic amines) is 1. The van der Waals surface area contributed by atoms with Crippen LogP contribution in [0.4, 0.5) is 10.1 Å². The van der Waals surface area contributed by atoms with Gasteiger partial charge in [0.15, 0.2) is 0 Å². The highest BCUT2D eigenvalue weighted by molar-refractivity contribution is 6.08. The third kappa shape index (κ3) is 2.39. The topological polar surface area (TPSA) is 23.6 Å². The summed E-state index contributed by atoms with van der Waals surface area (Å²) in [6.07, 6.45) is 1.89. The van der Waals surface area contributed by atoms with E-state index < -0.39 is 5.41 Å². The quantitative estimate of drug-likeness (QED) is 0.791. The lowest BCUT2D eigenvalue weighted by atomic mass is 9.74. The number of piperidine rings is 1. The fourth-order valence-electron chi connectivity index (χ4n) is 4.37. The maximum absolute atomic E-state index is 14.0. The predicted octanol–water partition coefficient (Wildman–Crippen LogP) is 3.74. The monoisotopic (exact) mass is 338 g/mol. The number of likely N-dealkylation sites (N-methyl/N-ethyl adjacent to an activating group) is 2. The number of amides is 1. The van der Waals surface area contributed by atoms with Crippen LogP contribution in [-0.2, 0) is 10.2 Å². The Labute approximate surface area is 148 Å². The molecule has 4 rings (SSSR count). The molecule has 130 valence electrons. The molecule has 2 aromatic rings. The van der Waals surface area contributed by atoms with E-state index in [0.29, 0.717) is 5.56 Å². The van der Waals surface area contributed by atoms with Gasteiger partial charge < -0.3 is 9.80 Å². The van der Waals surface area contributed by atoms with E-state index in [0.717, 1.165) is 48.3 Å². The van der Waals surface area contributed by atoms with Gasteiger partial charge in [0.2, 0.25) is 5.91 Å². The van der Waals surface area contributed by atoms with Gasteiger partial charge in [-0.25, -0.2) is 4.39 Å². The van der Waals surface area contributed by atoms with Gasteiger partial charge in [0.1, 0.15) is 5.82 Å². The lowest BCUT2D eigenvalue weighted by Gasteiger charge is -2.37. The minimum absolute atomic E-state index is 0.182. The second kappa shape index (κ2) is 5.67. The van der Waals surface area contributed by atoms with Crippen molar-refractivity contribution in [3.63, 3.8) is 0 Å². The molecule has 2 aliphatic heterocycles. The molecule has 0 N–H and O–H groups in total. The molecule has 25 heavy (non-hydrogen) atoms. The smallest absolute Gasteiger partial charge is 0.238 e. The van der Waals surface area contributed by atoms with Gasteiger partial charge in [-0.3, -0.25) is 4.79 Å². The SMILES string of the molecule is Cc1ccc(-c2ccc3c(c2)C2(CCCN(C)C2)C(=O)N3C)cc1F. The van der Waals surface area contributed by atoms with E-state index in [1.165, 1.54) is 0 Å². The number of hydrogen-bond donors (Lipinski definition) is 0. The minimum atomic E-state index is -0.462. The largest absolute Gasteiger partial charge is 0.314 e. The molecule has 2 heterocycles. The van der Waals surface area contributed by atoms with Crippen molar-refractivity contribution in [2.75, 3.05) is 32.1 Å². The van der Waals surface area contributed by atoms with E-state index >= 15 is 0 Å². The third-order valence-electron chi connectivity index (χ3n) is 5.78. The van der Waals surface area contributed by atoms with Crippen molar-refractivity contribution in [2.45, 2.75) is 25.2 Å². The summed E-state index contributed by atoms with van der Waals surface area (Å²) in [7, 11) is 3.93. The van der Waals surface area contributed by atoms with E-state index in [1.807, 2.05) is 25.2 Å². The highest BCUT2D eigenvalue weighted by Gasteiger charge is 2.51. The summed E-state index contributed by atoms with van der Waals surface area (Å²) in [5.41, 5.74) is 4.07. The summed E-state index contributed by atoms with van der Waals surface area (Å²) in [6.45, 7) is 3.54. The molecule has 0 aliphatic carbocycles. The Balaban J connectivity index is 1.85. The van der Waals surface area contributed by atoms with Crippen molar-refractivity contribution in [3.05, 3.63) is 53.3 Å². The number of benzene rings is 2. The fourth-order valence-corrected chi connectivity index (χ4v) is 4.37. The summed E-state index contributed by atoms with van der Waals surface area (Å²) < 4.78 is 14.0. The number of carbonyl (C=O) groups excluding carboxylic acids is 1. The van der Waals surface area contributed by atoms with Crippen LogP contribution in [0, 0.1) is 12.7 Å². The third-order valence-corrected chi connectivity index (χ3v) is 5.78. The molecule has 0 bridgehead atoms. The Morgan fingerprint density at radius 3 is 2.52 bits per heavy atom. The van der Waals surface area contributed by atoms with Crippen LogP contribution in [0.5, 0.6) is 0 Å². The molecule has 1 fully saturated rings. The average molecular weight is 338 g/mol. The van der Waals surface area contributed by atoms with Gasteiger partial charge in [0.25, 0.3) is 0 Å². The number of fused-ring (bicyclic) bond motifs is 2. The standard InChI is InChI=1S/C21H23FN2O/c1-14-5-6-16(12-18(14)22)15-7-8-19-17(11-15)21(20(25)24(19)3)9-4-10-23(2)13-21/h5-8,11-12H,4,9-10,13H2,1-3H3. The molecule has 2 aromatic carbocycles. The molecular weight excluding hydrogens is 315 g/mol. The zero-order chi connectivity index (χ0) is 17.8. The van der Waals surface area contributed by atoms with Crippen LogP contribution in [0.15, 0.2) is 36.4 Å². The van der Waals surface area contributed by atoms with E-state index in [2.05, 4.69) is 18.0 Å². The second-order valence-corrected chi connectivity index (χ2v) is 7.48. The van der Waals surface area contributed by atoms with E-state index in [4.69, 9.17) is 0 Å². The number of nitrogens with zero attached hydrogens (tertiary/aromatic N) is 2. The van der Waals surface area contributed by atoms with Gasteiger partial charge in [-0.05, 0) is 73.8 Å². The molecule has 1 amide bonds. The lowest BCUT2D eigenvalue weighted by Crippen LogP contribution is -2.50. The van der Waals surface area contributed by atoms with Crippen molar-refractivity contribution in [3.8, 4) is 11.1 Å². The number of rotatable bonds is 1. The van der Waals surface area contributed by atoms with Gasteiger partial charge in [-0.1, -0.05) is 18.2 Å². The predicted molar refractivity (Wildman–Crippen MR) is 98.4 cm³/mol. The molecular formula is C21H23FN2O. The fraction of sp³-hybridized carbons (Fsp3) is 0.381. The Kier molecular flexibility index (Phi) is 3.69. The van der Waals surface area contributed by atoms with Crippen molar-refractivity contribution >= 4 is 11.6 Å². The Morgan fingerprint density at radius 2 is 1.80 bits per heavy atom. The van der Waals surface area contributed by atoms with Gasteiger partial charge in [-0.15, -0.1) is 0 Å². The lowest BCUT2D eigenvalue weighted by molar-refractivity contribution is -0.124. The molecule has 1 unspecified atom stereocenters. The highest BCUT2D eigenvalue weighted by Crippen LogP contribution is 2.47. The molecule has 3 nitrogen and oxygen atoms in total. The first-order chi connectivity index (χ1) is 11.9. The molecule has 0 radical (unpaired) electrons. The molecule has 1 spiro atoms. The molecule has 1 saturated heterocycles. The first-order valence-electron chi connectivity index (χ1n) is 8.80. The number of anilines is 1. The average Bonchev–Trinajstić information content (AvgIpc) is 2.79. The molecule has 2 aliphatic rings. The van der Waals surface area contributed by atoms with Crippen molar-refractivity contribution in [1.82, 2.24) is 4.90 Å². The normalized spacial score (nSPS) is 23.4. The Morgan fingerprint density at radius 1 is 1.08 bits per heavy atom. The van der Waals surface area contributed by atoms with E-state index in [9.17, 15) is 9.18 Å². The van der Waals surface area contributed by atoms with Crippen molar-refractivity contribution in [2.24, 2.45) is 0 Å². The van der Waals surface area contributed by atoms with Crippen molar-refractivity contribution in [1.29, 1.82) is 0 Å². The van der Waals surface area contributed by atoms with Crippen LogP contribution in [0.1, 0.15) is 24.0 Å². The van der Waals surface area contributed by atoms with Gasteiger partial charge in [-0.2, -0.15) is 0 Å². The summed E-state index contributed by atoms with van der Waals surface area (Å²) in [5.74, 6) is -0.0143. The maximum Gasteiger partial charge on any atom is 0.238 e. The Bertz CT molecular complexity index is 863. The minimum Gasteiger partial charge on any atom is -0.314 e. The second-order valence-electron chi connectivity index (χ2n) is 7.48.